The molecule has 0 aromatic heterocycles. The molecule has 3 nitrogen and oxygen atoms in total. The molecule has 76 valence electrons. The quantitative estimate of drug-likeness (QED) is 0.675. The SMILES string of the molecule is C.C[C@@H]([C@H](O)CN(C)C)N(C)C. The fourth-order valence-electron chi connectivity index (χ4n) is 0.871. The minimum absolute atomic E-state index is 0. The maximum absolute atomic E-state index is 9.58. The van der Waals surface area contributed by atoms with E-state index in [1.54, 1.807) is 0 Å². The second-order valence-electron chi connectivity index (χ2n) is 3.53. The van der Waals surface area contributed by atoms with Gasteiger partial charge >= 0.3 is 0 Å². The van der Waals surface area contributed by atoms with E-state index < -0.39 is 0 Å². The molecule has 2 atom stereocenters. The van der Waals surface area contributed by atoms with Crippen LogP contribution in [0, 0.1) is 0 Å². The molecule has 0 aliphatic carbocycles. The first-order chi connectivity index (χ1) is 4.95. The molecular weight excluding hydrogens is 152 g/mol. The van der Waals surface area contributed by atoms with Crippen LogP contribution in [0.25, 0.3) is 0 Å². The molecule has 0 fully saturated rings. The molecule has 0 rings (SSSR count). The monoisotopic (exact) mass is 176 g/mol. The van der Waals surface area contributed by atoms with Gasteiger partial charge in [0.1, 0.15) is 0 Å². The molecule has 0 spiro atoms. The Morgan fingerprint density at radius 1 is 1.17 bits per heavy atom. The van der Waals surface area contributed by atoms with Crippen molar-refractivity contribution in [3.05, 3.63) is 0 Å². The second-order valence-corrected chi connectivity index (χ2v) is 3.53. The summed E-state index contributed by atoms with van der Waals surface area (Å²) in [5.41, 5.74) is 0. The highest BCUT2D eigenvalue weighted by Gasteiger charge is 2.15. The molecule has 3 heteroatoms. The number of hydrogen-bond acceptors (Lipinski definition) is 3. The Morgan fingerprint density at radius 2 is 1.58 bits per heavy atom. The lowest BCUT2D eigenvalue weighted by Gasteiger charge is -2.27. The van der Waals surface area contributed by atoms with Gasteiger partial charge in [-0.05, 0) is 35.1 Å². The third-order valence-electron chi connectivity index (χ3n) is 1.92. The molecule has 0 saturated carbocycles. The van der Waals surface area contributed by atoms with Crippen LogP contribution in [-0.4, -0.2) is 61.8 Å². The Labute approximate surface area is 77.0 Å². The Bertz CT molecular complexity index is 105. The van der Waals surface area contributed by atoms with Crippen LogP contribution in [-0.2, 0) is 0 Å². The van der Waals surface area contributed by atoms with Gasteiger partial charge in [-0.25, -0.2) is 0 Å². The van der Waals surface area contributed by atoms with Crippen LogP contribution >= 0.6 is 0 Å². The average molecular weight is 176 g/mol. The maximum Gasteiger partial charge on any atom is 0.0818 e. The van der Waals surface area contributed by atoms with Crippen LogP contribution in [0.4, 0.5) is 0 Å². The van der Waals surface area contributed by atoms with Crippen molar-refractivity contribution in [3.8, 4) is 0 Å². The van der Waals surface area contributed by atoms with E-state index in [9.17, 15) is 5.11 Å². The van der Waals surface area contributed by atoms with Gasteiger partial charge < -0.3 is 14.9 Å². The van der Waals surface area contributed by atoms with E-state index in [4.69, 9.17) is 0 Å². The molecule has 0 saturated heterocycles. The van der Waals surface area contributed by atoms with E-state index in [1.165, 1.54) is 0 Å². The van der Waals surface area contributed by atoms with Crippen LogP contribution in [0.15, 0.2) is 0 Å². The van der Waals surface area contributed by atoms with E-state index in [-0.39, 0.29) is 19.6 Å². The van der Waals surface area contributed by atoms with E-state index >= 15 is 0 Å². The lowest BCUT2D eigenvalue weighted by atomic mass is 10.1. The van der Waals surface area contributed by atoms with Gasteiger partial charge in [0.15, 0.2) is 0 Å². The average Bonchev–Trinajstić information content (AvgIpc) is 1.84. The van der Waals surface area contributed by atoms with Crippen molar-refractivity contribution < 1.29 is 5.11 Å². The van der Waals surface area contributed by atoms with Gasteiger partial charge in [0.05, 0.1) is 6.10 Å². The van der Waals surface area contributed by atoms with Crippen molar-refractivity contribution in [2.45, 2.75) is 26.5 Å². The number of nitrogens with zero attached hydrogens (tertiary/aromatic N) is 2. The Balaban J connectivity index is 0. The van der Waals surface area contributed by atoms with E-state index in [0.29, 0.717) is 0 Å². The molecule has 0 radical (unpaired) electrons. The van der Waals surface area contributed by atoms with Crippen LogP contribution in [0.2, 0.25) is 0 Å². The molecule has 0 aromatic rings. The van der Waals surface area contributed by atoms with Crippen molar-refractivity contribution in [2.24, 2.45) is 0 Å². The summed E-state index contributed by atoms with van der Waals surface area (Å²) in [7, 11) is 7.88. The predicted molar refractivity (Wildman–Crippen MR) is 54.4 cm³/mol. The summed E-state index contributed by atoms with van der Waals surface area (Å²) in [5, 5.41) is 9.58. The van der Waals surface area contributed by atoms with Gasteiger partial charge in [-0.3, -0.25) is 0 Å². The van der Waals surface area contributed by atoms with Gasteiger partial charge in [-0.1, -0.05) is 7.43 Å². The summed E-state index contributed by atoms with van der Waals surface area (Å²) >= 11 is 0. The molecule has 1 N–H and O–H groups in total. The molecule has 12 heavy (non-hydrogen) atoms. The molecule has 0 aliphatic rings. The van der Waals surface area contributed by atoms with E-state index in [2.05, 4.69) is 0 Å². The van der Waals surface area contributed by atoms with Crippen LogP contribution < -0.4 is 0 Å². The molecular formula is C9H24N2O. The Kier molecular flexibility index (Phi) is 7.69. The van der Waals surface area contributed by atoms with Gasteiger partial charge in [0.25, 0.3) is 0 Å². The smallest absolute Gasteiger partial charge is 0.0818 e. The van der Waals surface area contributed by atoms with Crippen molar-refractivity contribution in [2.75, 3.05) is 34.7 Å². The zero-order chi connectivity index (χ0) is 9.02. The Morgan fingerprint density at radius 3 is 1.83 bits per heavy atom. The van der Waals surface area contributed by atoms with Gasteiger partial charge in [-0.2, -0.15) is 0 Å². The largest absolute Gasteiger partial charge is 0.390 e. The highest BCUT2D eigenvalue weighted by Crippen LogP contribution is 1.99. The van der Waals surface area contributed by atoms with Crippen molar-refractivity contribution in [1.82, 2.24) is 9.80 Å². The van der Waals surface area contributed by atoms with Crippen molar-refractivity contribution >= 4 is 0 Å². The van der Waals surface area contributed by atoms with Gasteiger partial charge in [0, 0.05) is 12.6 Å². The minimum atomic E-state index is -0.264. The normalized spacial score (nSPS) is 16.0. The Hall–Kier alpha value is -0.120. The molecule has 0 bridgehead atoms. The van der Waals surface area contributed by atoms with Crippen molar-refractivity contribution in [1.29, 1.82) is 0 Å². The number of aliphatic hydroxyl groups excluding tert-OH is 1. The maximum atomic E-state index is 9.58. The molecule has 0 aliphatic heterocycles. The van der Waals surface area contributed by atoms with E-state index in [0.717, 1.165) is 6.54 Å². The standard InChI is InChI=1S/C8H20N2O.CH4/c1-7(10(4)5)8(11)6-9(2)3;/h7-8,11H,6H2,1-5H3;1H4/t7-,8+;/m0./s1. The highest BCUT2D eigenvalue weighted by atomic mass is 16.3. The van der Waals surface area contributed by atoms with Crippen LogP contribution in [0.5, 0.6) is 0 Å². The molecule has 0 aromatic carbocycles. The van der Waals surface area contributed by atoms with Gasteiger partial charge in [-0.15, -0.1) is 0 Å². The van der Waals surface area contributed by atoms with Crippen molar-refractivity contribution in [3.63, 3.8) is 0 Å². The lowest BCUT2D eigenvalue weighted by Crippen LogP contribution is -2.42. The summed E-state index contributed by atoms with van der Waals surface area (Å²) < 4.78 is 0. The van der Waals surface area contributed by atoms with E-state index in [1.807, 2.05) is 44.9 Å². The first-order valence-corrected chi connectivity index (χ1v) is 3.94. The number of aliphatic hydroxyl groups is 1. The van der Waals surface area contributed by atoms with Crippen LogP contribution in [0.1, 0.15) is 14.4 Å². The predicted octanol–water partition coefficient (Wildman–Crippen LogP) is 0.495. The summed E-state index contributed by atoms with van der Waals surface area (Å²) in [6.45, 7) is 2.74. The first kappa shape index (κ1) is 14.4. The molecule has 0 unspecified atom stereocenters. The third-order valence-corrected chi connectivity index (χ3v) is 1.92. The lowest BCUT2D eigenvalue weighted by molar-refractivity contribution is 0.0635. The fourth-order valence-corrected chi connectivity index (χ4v) is 0.871. The summed E-state index contributed by atoms with van der Waals surface area (Å²) in [6, 6.07) is 0.220. The molecule has 0 amide bonds. The number of rotatable bonds is 4. The highest BCUT2D eigenvalue weighted by molar-refractivity contribution is 4.71. The number of hydrogen-bond donors (Lipinski definition) is 1. The summed E-state index contributed by atoms with van der Waals surface area (Å²) in [5.74, 6) is 0. The zero-order valence-corrected chi connectivity index (χ0v) is 8.20. The zero-order valence-electron chi connectivity index (χ0n) is 8.20. The number of likely N-dealkylation sites (N-methyl/N-ethyl adjacent to an activating group) is 2. The second kappa shape index (κ2) is 6.40. The fraction of sp³-hybridized carbons (Fsp3) is 1.00. The summed E-state index contributed by atoms with van der Waals surface area (Å²) in [6.07, 6.45) is -0.264. The third kappa shape index (κ3) is 5.52. The topological polar surface area (TPSA) is 26.7 Å². The molecule has 0 heterocycles. The van der Waals surface area contributed by atoms with Crippen LogP contribution in [0.3, 0.4) is 0 Å². The minimum Gasteiger partial charge on any atom is -0.390 e. The van der Waals surface area contributed by atoms with Gasteiger partial charge in [0.2, 0.25) is 0 Å². The first-order valence-electron chi connectivity index (χ1n) is 3.94. The summed E-state index contributed by atoms with van der Waals surface area (Å²) in [4.78, 5) is 4.01.